The second-order valence-corrected chi connectivity index (χ2v) is 5.69. The van der Waals surface area contributed by atoms with E-state index in [4.69, 9.17) is 11.6 Å². The summed E-state index contributed by atoms with van der Waals surface area (Å²) in [6.07, 6.45) is 6.76. The number of pyridine rings is 2. The minimum atomic E-state index is -0.0447. The molecule has 1 N–H and O–H groups in total. The van der Waals surface area contributed by atoms with Gasteiger partial charge in [0, 0.05) is 43.3 Å². The number of nitrogens with zero attached hydrogens (tertiary/aromatic N) is 3. The number of rotatable bonds is 3. The van der Waals surface area contributed by atoms with E-state index in [2.05, 4.69) is 20.2 Å². The second-order valence-electron chi connectivity index (χ2n) is 5.28. The number of hydrogen-bond donors (Lipinski definition) is 1. The molecule has 114 valence electrons. The van der Waals surface area contributed by atoms with Gasteiger partial charge in [-0.25, -0.2) is 4.98 Å². The third-order valence-electron chi connectivity index (χ3n) is 3.81. The average Bonchev–Trinajstić information content (AvgIpc) is 2.57. The number of piperidine rings is 1. The van der Waals surface area contributed by atoms with Crippen molar-refractivity contribution in [1.29, 1.82) is 0 Å². The van der Waals surface area contributed by atoms with Crippen molar-refractivity contribution in [2.24, 2.45) is 0 Å². The summed E-state index contributed by atoms with van der Waals surface area (Å²) >= 11 is 6.18. The van der Waals surface area contributed by atoms with E-state index >= 15 is 0 Å². The topological polar surface area (TPSA) is 58.1 Å². The van der Waals surface area contributed by atoms with Gasteiger partial charge in [0.05, 0.1) is 5.02 Å². The number of anilines is 1. The molecule has 2 aromatic rings. The quantitative estimate of drug-likeness (QED) is 0.945. The van der Waals surface area contributed by atoms with E-state index in [9.17, 15) is 4.79 Å². The van der Waals surface area contributed by atoms with E-state index in [-0.39, 0.29) is 11.9 Å². The molecule has 0 unspecified atom stereocenters. The lowest BCUT2D eigenvalue weighted by molar-refractivity contribution is 0.0931. The summed E-state index contributed by atoms with van der Waals surface area (Å²) < 4.78 is 0. The van der Waals surface area contributed by atoms with Crippen LogP contribution in [0.15, 0.2) is 42.9 Å². The highest BCUT2D eigenvalue weighted by Gasteiger charge is 2.23. The number of carbonyl (C=O) groups is 1. The Balaban J connectivity index is 1.56. The summed E-state index contributed by atoms with van der Waals surface area (Å²) in [5.41, 5.74) is 0.644. The normalized spacial score (nSPS) is 15.6. The van der Waals surface area contributed by atoms with E-state index in [0.717, 1.165) is 31.7 Å². The molecule has 0 bridgehead atoms. The van der Waals surface area contributed by atoms with Gasteiger partial charge in [-0.2, -0.15) is 0 Å². The Hall–Kier alpha value is -2.14. The fourth-order valence-corrected chi connectivity index (χ4v) is 2.86. The summed E-state index contributed by atoms with van der Waals surface area (Å²) in [4.78, 5) is 22.6. The number of aromatic nitrogens is 2. The maximum Gasteiger partial charge on any atom is 0.251 e. The molecule has 1 aliphatic rings. The Morgan fingerprint density at radius 1 is 1.18 bits per heavy atom. The number of amides is 1. The molecule has 0 aliphatic carbocycles. The van der Waals surface area contributed by atoms with Gasteiger partial charge in [0.25, 0.3) is 5.91 Å². The van der Waals surface area contributed by atoms with Gasteiger partial charge in [0.1, 0.15) is 5.82 Å². The van der Waals surface area contributed by atoms with Crippen LogP contribution in [0.4, 0.5) is 5.82 Å². The lowest BCUT2D eigenvalue weighted by Gasteiger charge is -2.33. The van der Waals surface area contributed by atoms with Crippen molar-refractivity contribution in [2.75, 3.05) is 18.0 Å². The monoisotopic (exact) mass is 316 g/mol. The van der Waals surface area contributed by atoms with E-state index < -0.39 is 0 Å². The van der Waals surface area contributed by atoms with Crippen LogP contribution in [0.2, 0.25) is 5.02 Å². The molecule has 2 aromatic heterocycles. The predicted octanol–water partition coefficient (Wildman–Crippen LogP) is 2.53. The molecule has 5 nitrogen and oxygen atoms in total. The Labute approximate surface area is 134 Å². The minimum absolute atomic E-state index is 0.0447. The lowest BCUT2D eigenvalue weighted by atomic mass is 10.0. The van der Waals surface area contributed by atoms with Crippen LogP contribution in [0.1, 0.15) is 23.2 Å². The zero-order chi connectivity index (χ0) is 15.4. The van der Waals surface area contributed by atoms with Crippen molar-refractivity contribution in [3.8, 4) is 0 Å². The summed E-state index contributed by atoms with van der Waals surface area (Å²) in [7, 11) is 0. The summed E-state index contributed by atoms with van der Waals surface area (Å²) in [6.45, 7) is 1.66. The van der Waals surface area contributed by atoms with Crippen LogP contribution in [0, 0.1) is 0 Å². The largest absolute Gasteiger partial charge is 0.355 e. The van der Waals surface area contributed by atoms with Gasteiger partial charge in [0.2, 0.25) is 0 Å². The SMILES string of the molecule is O=C(NC1CCN(c2ncccc2Cl)CC1)c1ccncc1. The van der Waals surface area contributed by atoms with Gasteiger partial charge >= 0.3 is 0 Å². The molecule has 0 atom stereocenters. The molecule has 0 aromatic carbocycles. The highest BCUT2D eigenvalue weighted by Crippen LogP contribution is 2.25. The Kier molecular flexibility index (Phi) is 4.53. The summed E-state index contributed by atoms with van der Waals surface area (Å²) in [5, 5.41) is 3.74. The summed E-state index contributed by atoms with van der Waals surface area (Å²) in [5.74, 6) is 0.778. The molecule has 3 rings (SSSR count). The zero-order valence-electron chi connectivity index (χ0n) is 12.1. The van der Waals surface area contributed by atoms with Crippen LogP contribution in [0.3, 0.4) is 0 Å². The first-order valence-electron chi connectivity index (χ1n) is 7.30. The maximum absolute atomic E-state index is 12.1. The van der Waals surface area contributed by atoms with Crippen molar-refractivity contribution in [2.45, 2.75) is 18.9 Å². The second kappa shape index (κ2) is 6.75. The molecular formula is C16H17ClN4O. The molecule has 1 aliphatic heterocycles. The molecule has 1 fully saturated rings. The number of hydrogen-bond acceptors (Lipinski definition) is 4. The van der Waals surface area contributed by atoms with Crippen molar-refractivity contribution in [3.05, 3.63) is 53.4 Å². The van der Waals surface area contributed by atoms with Gasteiger partial charge in [-0.05, 0) is 37.1 Å². The molecule has 6 heteroatoms. The highest BCUT2D eigenvalue weighted by atomic mass is 35.5. The maximum atomic E-state index is 12.1. The van der Waals surface area contributed by atoms with Crippen molar-refractivity contribution in [3.63, 3.8) is 0 Å². The molecule has 0 radical (unpaired) electrons. The molecule has 1 amide bonds. The number of carbonyl (C=O) groups excluding carboxylic acids is 1. The van der Waals surface area contributed by atoms with Crippen LogP contribution in [0.25, 0.3) is 0 Å². The first-order chi connectivity index (χ1) is 10.7. The van der Waals surface area contributed by atoms with Crippen LogP contribution >= 0.6 is 11.6 Å². The molecule has 1 saturated heterocycles. The zero-order valence-corrected chi connectivity index (χ0v) is 12.8. The molecule has 0 saturated carbocycles. The smallest absolute Gasteiger partial charge is 0.251 e. The van der Waals surface area contributed by atoms with E-state index in [1.54, 1.807) is 30.7 Å². The van der Waals surface area contributed by atoms with Crippen molar-refractivity contribution >= 4 is 23.3 Å². The van der Waals surface area contributed by atoms with Gasteiger partial charge in [-0.3, -0.25) is 9.78 Å². The van der Waals surface area contributed by atoms with Crippen LogP contribution in [-0.2, 0) is 0 Å². The Morgan fingerprint density at radius 2 is 1.91 bits per heavy atom. The molecule has 3 heterocycles. The van der Waals surface area contributed by atoms with Crippen molar-refractivity contribution in [1.82, 2.24) is 15.3 Å². The van der Waals surface area contributed by atoms with E-state index in [1.165, 1.54) is 0 Å². The van der Waals surface area contributed by atoms with Crippen LogP contribution < -0.4 is 10.2 Å². The minimum Gasteiger partial charge on any atom is -0.355 e. The Morgan fingerprint density at radius 3 is 2.59 bits per heavy atom. The van der Waals surface area contributed by atoms with Crippen LogP contribution in [-0.4, -0.2) is 35.0 Å². The Bertz CT molecular complexity index is 642. The highest BCUT2D eigenvalue weighted by molar-refractivity contribution is 6.32. The van der Waals surface area contributed by atoms with Gasteiger partial charge in [-0.1, -0.05) is 11.6 Å². The number of halogens is 1. The molecule has 0 spiro atoms. The standard InChI is InChI=1S/C16H17ClN4O/c17-14-2-1-7-19-15(14)21-10-5-13(6-11-21)20-16(22)12-3-8-18-9-4-12/h1-4,7-9,13H,5-6,10-11H2,(H,20,22). The average molecular weight is 317 g/mol. The van der Waals surface area contributed by atoms with Crippen molar-refractivity contribution < 1.29 is 4.79 Å². The van der Waals surface area contributed by atoms with E-state index in [1.807, 2.05) is 12.1 Å². The van der Waals surface area contributed by atoms with Gasteiger partial charge in [0.15, 0.2) is 0 Å². The number of nitrogens with one attached hydrogen (secondary N) is 1. The summed E-state index contributed by atoms with van der Waals surface area (Å²) in [6, 6.07) is 7.30. The van der Waals surface area contributed by atoms with Crippen LogP contribution in [0.5, 0.6) is 0 Å². The fourth-order valence-electron chi connectivity index (χ4n) is 2.62. The third-order valence-corrected chi connectivity index (χ3v) is 4.11. The molecule has 22 heavy (non-hydrogen) atoms. The van der Waals surface area contributed by atoms with E-state index in [0.29, 0.717) is 10.6 Å². The van der Waals surface area contributed by atoms with Gasteiger partial charge < -0.3 is 10.2 Å². The third kappa shape index (κ3) is 3.36. The lowest BCUT2D eigenvalue weighted by Crippen LogP contribution is -2.45. The van der Waals surface area contributed by atoms with Gasteiger partial charge in [-0.15, -0.1) is 0 Å². The first kappa shape index (κ1) is 14.8. The predicted molar refractivity (Wildman–Crippen MR) is 86.2 cm³/mol. The molecular weight excluding hydrogens is 300 g/mol. The fraction of sp³-hybridized carbons (Fsp3) is 0.312. The first-order valence-corrected chi connectivity index (χ1v) is 7.68.